The third-order valence-electron chi connectivity index (χ3n) is 4.61. The molecule has 0 N–H and O–H groups in total. The topological polar surface area (TPSA) is 53.0 Å². The SMILES string of the molecule is C=CCN1C(=O)C(=C2Sc3ccccc3N2C)SC1=Nc1ccc(C(C)=O)cc1. The Bertz CT molecular complexity index is 1070. The minimum atomic E-state index is -0.0730. The molecule has 0 bridgehead atoms. The van der Waals surface area contributed by atoms with Crippen molar-refractivity contribution in [2.75, 3.05) is 18.5 Å². The van der Waals surface area contributed by atoms with E-state index in [2.05, 4.69) is 22.5 Å². The van der Waals surface area contributed by atoms with E-state index in [0.29, 0.717) is 27.9 Å². The number of fused-ring (bicyclic) bond motifs is 1. The van der Waals surface area contributed by atoms with Crippen LogP contribution in [-0.2, 0) is 4.79 Å². The van der Waals surface area contributed by atoms with Crippen molar-refractivity contribution in [3.05, 3.63) is 76.7 Å². The fraction of sp³-hybridized carbons (Fsp3) is 0.136. The molecule has 0 spiro atoms. The van der Waals surface area contributed by atoms with E-state index in [1.807, 2.05) is 25.2 Å². The van der Waals surface area contributed by atoms with Crippen LogP contribution in [0.1, 0.15) is 17.3 Å². The van der Waals surface area contributed by atoms with Gasteiger partial charge in [0.05, 0.1) is 16.4 Å². The Morgan fingerprint density at radius 3 is 2.52 bits per heavy atom. The lowest BCUT2D eigenvalue weighted by Gasteiger charge is -2.15. The van der Waals surface area contributed by atoms with Crippen molar-refractivity contribution in [3.63, 3.8) is 0 Å². The highest BCUT2D eigenvalue weighted by atomic mass is 32.2. The smallest absolute Gasteiger partial charge is 0.269 e. The monoisotopic (exact) mass is 421 g/mol. The summed E-state index contributed by atoms with van der Waals surface area (Å²) < 4.78 is 0. The van der Waals surface area contributed by atoms with Gasteiger partial charge in [0.25, 0.3) is 5.91 Å². The maximum absolute atomic E-state index is 13.2. The Morgan fingerprint density at radius 1 is 1.14 bits per heavy atom. The fourth-order valence-electron chi connectivity index (χ4n) is 3.09. The van der Waals surface area contributed by atoms with Gasteiger partial charge in [-0.15, -0.1) is 6.58 Å². The number of amides is 1. The number of carbonyl (C=O) groups is 2. The van der Waals surface area contributed by atoms with Gasteiger partial charge >= 0.3 is 0 Å². The summed E-state index contributed by atoms with van der Waals surface area (Å²) in [6, 6.07) is 15.2. The number of Topliss-reactive ketones (excluding diaryl/α,β-unsaturated/α-hetero) is 1. The number of amidine groups is 1. The molecule has 0 atom stereocenters. The number of hydrogen-bond acceptors (Lipinski definition) is 6. The van der Waals surface area contributed by atoms with Gasteiger partial charge in [0.15, 0.2) is 11.0 Å². The van der Waals surface area contributed by atoms with Gasteiger partial charge < -0.3 is 4.90 Å². The minimum absolute atomic E-state index is 0.00999. The first kappa shape index (κ1) is 19.5. The molecule has 0 radical (unpaired) electrons. The summed E-state index contributed by atoms with van der Waals surface area (Å²) in [4.78, 5) is 34.8. The molecular weight excluding hydrogens is 402 g/mol. The van der Waals surface area contributed by atoms with E-state index in [0.717, 1.165) is 15.6 Å². The summed E-state index contributed by atoms with van der Waals surface area (Å²) in [7, 11) is 1.97. The Morgan fingerprint density at radius 2 is 1.86 bits per heavy atom. The molecule has 0 aromatic heterocycles. The molecule has 29 heavy (non-hydrogen) atoms. The number of aliphatic imine (C=N–C) groups is 1. The number of ketones is 1. The molecule has 7 heteroatoms. The number of carbonyl (C=O) groups excluding carboxylic acids is 2. The highest BCUT2D eigenvalue weighted by molar-refractivity contribution is 8.19. The predicted molar refractivity (Wildman–Crippen MR) is 121 cm³/mol. The molecule has 5 nitrogen and oxygen atoms in total. The zero-order valence-electron chi connectivity index (χ0n) is 16.1. The highest BCUT2D eigenvalue weighted by Gasteiger charge is 2.38. The molecular formula is C22H19N3O2S2. The van der Waals surface area contributed by atoms with Crippen molar-refractivity contribution < 1.29 is 9.59 Å². The predicted octanol–water partition coefficient (Wildman–Crippen LogP) is 5.05. The van der Waals surface area contributed by atoms with E-state index in [1.165, 1.54) is 18.7 Å². The second-order valence-corrected chi connectivity index (χ2v) is 8.58. The number of para-hydroxylation sites is 1. The van der Waals surface area contributed by atoms with Gasteiger partial charge in [-0.3, -0.25) is 14.5 Å². The number of hydrogen-bond donors (Lipinski definition) is 0. The molecule has 1 amide bonds. The van der Waals surface area contributed by atoms with Crippen molar-refractivity contribution in [3.8, 4) is 0 Å². The molecule has 0 unspecified atom stereocenters. The van der Waals surface area contributed by atoms with Crippen LogP contribution in [0.25, 0.3) is 0 Å². The largest absolute Gasteiger partial charge is 0.337 e. The summed E-state index contributed by atoms with van der Waals surface area (Å²) in [6.45, 7) is 5.69. The first-order chi connectivity index (χ1) is 14.0. The van der Waals surface area contributed by atoms with Crippen LogP contribution in [0.3, 0.4) is 0 Å². The van der Waals surface area contributed by atoms with Crippen LogP contribution in [0.5, 0.6) is 0 Å². The van der Waals surface area contributed by atoms with Gasteiger partial charge in [-0.25, -0.2) is 4.99 Å². The van der Waals surface area contributed by atoms with E-state index in [1.54, 1.807) is 47.0 Å². The molecule has 1 saturated heterocycles. The quantitative estimate of drug-likeness (QED) is 0.393. The van der Waals surface area contributed by atoms with E-state index >= 15 is 0 Å². The number of rotatable bonds is 4. The standard InChI is InChI=1S/C22H19N3O2S2/c1-4-13-25-20(27)19(21-24(3)17-7-5-6-8-18(17)28-21)29-22(25)23-16-11-9-15(10-12-16)14(2)26/h4-12H,1,13H2,2-3H3. The van der Waals surface area contributed by atoms with Crippen molar-refractivity contribution in [1.82, 2.24) is 4.90 Å². The summed E-state index contributed by atoms with van der Waals surface area (Å²) in [5.41, 5.74) is 2.42. The van der Waals surface area contributed by atoms with Crippen LogP contribution >= 0.6 is 23.5 Å². The van der Waals surface area contributed by atoms with Crippen molar-refractivity contribution in [2.45, 2.75) is 11.8 Å². The van der Waals surface area contributed by atoms with Crippen LogP contribution < -0.4 is 4.90 Å². The molecule has 1 fully saturated rings. The highest BCUT2D eigenvalue weighted by Crippen LogP contribution is 2.49. The van der Waals surface area contributed by atoms with Crippen LogP contribution in [0.2, 0.25) is 0 Å². The van der Waals surface area contributed by atoms with Gasteiger partial charge in [0.1, 0.15) is 4.91 Å². The lowest BCUT2D eigenvalue weighted by atomic mass is 10.1. The van der Waals surface area contributed by atoms with E-state index in [-0.39, 0.29) is 11.7 Å². The van der Waals surface area contributed by atoms with Crippen molar-refractivity contribution in [2.24, 2.45) is 4.99 Å². The second kappa shape index (κ2) is 7.93. The first-order valence-corrected chi connectivity index (χ1v) is 10.7. The summed E-state index contributed by atoms with van der Waals surface area (Å²) >= 11 is 2.97. The van der Waals surface area contributed by atoms with Crippen molar-refractivity contribution in [1.29, 1.82) is 0 Å². The number of anilines is 1. The Balaban J connectivity index is 1.70. The number of thioether (sulfide) groups is 2. The third-order valence-corrected chi connectivity index (χ3v) is 7.04. The average molecular weight is 422 g/mol. The average Bonchev–Trinajstić information content (AvgIpc) is 3.20. The zero-order chi connectivity index (χ0) is 20.5. The molecule has 2 aliphatic rings. The van der Waals surface area contributed by atoms with Crippen LogP contribution in [0.15, 0.2) is 81.0 Å². The number of nitrogens with zero attached hydrogens (tertiary/aromatic N) is 3. The molecule has 4 rings (SSSR count). The molecule has 2 heterocycles. The lowest BCUT2D eigenvalue weighted by Crippen LogP contribution is -2.29. The molecule has 0 aliphatic carbocycles. The minimum Gasteiger partial charge on any atom is -0.337 e. The molecule has 2 aliphatic heterocycles. The number of benzene rings is 2. The second-order valence-electron chi connectivity index (χ2n) is 6.57. The van der Waals surface area contributed by atoms with Crippen LogP contribution in [0.4, 0.5) is 11.4 Å². The first-order valence-electron chi connectivity index (χ1n) is 9.05. The summed E-state index contributed by atoms with van der Waals surface area (Å²) in [5, 5.41) is 1.52. The maximum Gasteiger partial charge on any atom is 0.269 e. The molecule has 0 saturated carbocycles. The van der Waals surface area contributed by atoms with Gasteiger partial charge in [-0.1, -0.05) is 30.0 Å². The van der Waals surface area contributed by atoms with Gasteiger partial charge in [-0.2, -0.15) is 0 Å². The van der Waals surface area contributed by atoms with E-state index in [9.17, 15) is 9.59 Å². The van der Waals surface area contributed by atoms with Crippen molar-refractivity contribution >= 4 is 51.8 Å². The Hall–Kier alpha value is -2.77. The Labute approximate surface area is 178 Å². The third kappa shape index (κ3) is 3.63. The van der Waals surface area contributed by atoms with Gasteiger partial charge in [-0.05, 0) is 55.1 Å². The fourth-order valence-corrected chi connectivity index (χ4v) is 5.44. The summed E-state index contributed by atoms with van der Waals surface area (Å²) in [6.07, 6.45) is 1.70. The van der Waals surface area contributed by atoms with Gasteiger partial charge in [0, 0.05) is 24.1 Å². The van der Waals surface area contributed by atoms with Crippen LogP contribution in [-0.4, -0.2) is 35.4 Å². The van der Waals surface area contributed by atoms with Gasteiger partial charge in [0.2, 0.25) is 0 Å². The normalized spacial score (nSPS) is 19.8. The Kier molecular flexibility index (Phi) is 5.34. The summed E-state index contributed by atoms with van der Waals surface area (Å²) in [5.74, 6) is -0.0630. The zero-order valence-corrected chi connectivity index (χ0v) is 17.7. The lowest BCUT2D eigenvalue weighted by molar-refractivity contribution is -0.121. The van der Waals surface area contributed by atoms with E-state index < -0.39 is 0 Å². The molecule has 2 aromatic carbocycles. The van der Waals surface area contributed by atoms with Crippen LogP contribution in [0, 0.1) is 0 Å². The molecule has 2 aromatic rings. The molecule has 146 valence electrons. The maximum atomic E-state index is 13.2. The van der Waals surface area contributed by atoms with E-state index in [4.69, 9.17) is 0 Å².